The second kappa shape index (κ2) is 4.93. The average Bonchev–Trinajstić information content (AvgIpc) is 3.15. The standard InChI is InChI=1S/C16H19NO3/c1-9-8-10(16(19)20)6-7-13(9)17-15(18)14-11-4-2-3-5-12(11)14/h6-8,11-12,14H,2-5H2,1H3,(H,17,18)(H,19,20). The highest BCUT2D eigenvalue weighted by Gasteiger charge is 2.54. The second-order valence-electron chi connectivity index (χ2n) is 5.96. The van der Waals surface area contributed by atoms with E-state index < -0.39 is 5.97 Å². The minimum Gasteiger partial charge on any atom is -0.478 e. The maximum Gasteiger partial charge on any atom is 0.335 e. The summed E-state index contributed by atoms with van der Waals surface area (Å²) < 4.78 is 0. The van der Waals surface area contributed by atoms with Crippen molar-refractivity contribution in [2.45, 2.75) is 32.6 Å². The first-order chi connectivity index (χ1) is 9.58. The van der Waals surface area contributed by atoms with Crippen LogP contribution < -0.4 is 5.32 Å². The number of rotatable bonds is 3. The fraction of sp³-hybridized carbons (Fsp3) is 0.500. The van der Waals surface area contributed by atoms with Crippen LogP contribution in [0.5, 0.6) is 0 Å². The lowest BCUT2D eigenvalue weighted by Gasteiger charge is -2.09. The lowest BCUT2D eigenvalue weighted by molar-refractivity contribution is -0.117. The van der Waals surface area contributed by atoms with Gasteiger partial charge in [0, 0.05) is 11.6 Å². The van der Waals surface area contributed by atoms with E-state index in [1.54, 1.807) is 12.1 Å². The van der Waals surface area contributed by atoms with Crippen LogP contribution in [0.1, 0.15) is 41.6 Å². The molecule has 2 fully saturated rings. The zero-order valence-electron chi connectivity index (χ0n) is 11.6. The van der Waals surface area contributed by atoms with Crippen molar-refractivity contribution in [3.63, 3.8) is 0 Å². The van der Waals surface area contributed by atoms with Crippen molar-refractivity contribution in [2.75, 3.05) is 5.32 Å². The van der Waals surface area contributed by atoms with Gasteiger partial charge in [-0.15, -0.1) is 0 Å². The molecule has 1 aromatic carbocycles. The Morgan fingerprint density at radius 1 is 1.20 bits per heavy atom. The number of fused-ring (bicyclic) bond motifs is 1. The molecule has 2 unspecified atom stereocenters. The van der Waals surface area contributed by atoms with Gasteiger partial charge in [-0.25, -0.2) is 4.79 Å². The third-order valence-corrected chi connectivity index (χ3v) is 4.69. The lowest BCUT2D eigenvalue weighted by atomic mass is 10.0. The maximum atomic E-state index is 12.3. The molecule has 0 heterocycles. The topological polar surface area (TPSA) is 66.4 Å². The Morgan fingerprint density at radius 3 is 2.40 bits per heavy atom. The Hall–Kier alpha value is -1.84. The summed E-state index contributed by atoms with van der Waals surface area (Å²) in [6, 6.07) is 4.81. The molecule has 2 aliphatic carbocycles. The number of aryl methyl sites for hydroxylation is 1. The monoisotopic (exact) mass is 273 g/mol. The molecule has 0 bridgehead atoms. The molecule has 2 aliphatic rings. The van der Waals surface area contributed by atoms with Gasteiger partial charge < -0.3 is 10.4 Å². The number of benzene rings is 1. The predicted molar refractivity (Wildman–Crippen MR) is 75.7 cm³/mol. The number of hydrogen-bond acceptors (Lipinski definition) is 2. The van der Waals surface area contributed by atoms with Gasteiger partial charge in [0.1, 0.15) is 0 Å². The summed E-state index contributed by atoms with van der Waals surface area (Å²) in [6.45, 7) is 1.82. The zero-order chi connectivity index (χ0) is 14.3. The lowest BCUT2D eigenvalue weighted by Crippen LogP contribution is -2.16. The van der Waals surface area contributed by atoms with Gasteiger partial charge >= 0.3 is 5.97 Å². The van der Waals surface area contributed by atoms with Crippen molar-refractivity contribution in [2.24, 2.45) is 17.8 Å². The maximum absolute atomic E-state index is 12.3. The molecule has 2 N–H and O–H groups in total. The Labute approximate surface area is 118 Å². The van der Waals surface area contributed by atoms with Crippen LogP contribution in [0.25, 0.3) is 0 Å². The minimum absolute atomic E-state index is 0.105. The molecule has 2 atom stereocenters. The summed E-state index contributed by atoms with van der Waals surface area (Å²) >= 11 is 0. The number of carboxylic acids is 1. The van der Waals surface area contributed by atoms with Gasteiger partial charge in [0.25, 0.3) is 0 Å². The van der Waals surface area contributed by atoms with Crippen molar-refractivity contribution in [3.05, 3.63) is 29.3 Å². The van der Waals surface area contributed by atoms with E-state index in [1.807, 2.05) is 6.92 Å². The van der Waals surface area contributed by atoms with E-state index in [0.29, 0.717) is 11.8 Å². The van der Waals surface area contributed by atoms with E-state index in [-0.39, 0.29) is 17.4 Å². The number of amides is 1. The van der Waals surface area contributed by atoms with Crippen LogP contribution in [0.4, 0.5) is 5.69 Å². The molecule has 1 aromatic rings. The van der Waals surface area contributed by atoms with Crippen LogP contribution in [0, 0.1) is 24.7 Å². The summed E-state index contributed by atoms with van der Waals surface area (Å²) in [5.41, 5.74) is 1.77. The molecule has 0 saturated heterocycles. The van der Waals surface area contributed by atoms with Gasteiger partial charge in [0.15, 0.2) is 0 Å². The normalized spacial score (nSPS) is 27.6. The summed E-state index contributed by atoms with van der Waals surface area (Å²) in [5, 5.41) is 11.9. The molecule has 20 heavy (non-hydrogen) atoms. The zero-order valence-corrected chi connectivity index (χ0v) is 11.6. The molecule has 4 heteroatoms. The highest BCUT2D eigenvalue weighted by molar-refractivity contribution is 5.96. The average molecular weight is 273 g/mol. The van der Waals surface area contributed by atoms with Gasteiger partial charge in [-0.2, -0.15) is 0 Å². The molecule has 0 radical (unpaired) electrons. The van der Waals surface area contributed by atoms with Gasteiger partial charge in [-0.1, -0.05) is 12.8 Å². The van der Waals surface area contributed by atoms with Crippen molar-refractivity contribution >= 4 is 17.6 Å². The SMILES string of the molecule is Cc1cc(C(=O)O)ccc1NC(=O)C1C2CCCCC21. The Morgan fingerprint density at radius 2 is 1.85 bits per heavy atom. The van der Waals surface area contributed by atoms with Crippen LogP contribution in [-0.2, 0) is 4.79 Å². The van der Waals surface area contributed by atoms with Crippen molar-refractivity contribution in [1.82, 2.24) is 0 Å². The quantitative estimate of drug-likeness (QED) is 0.889. The third-order valence-electron chi connectivity index (χ3n) is 4.69. The first-order valence-corrected chi connectivity index (χ1v) is 7.23. The molecule has 0 aliphatic heterocycles. The molecule has 4 nitrogen and oxygen atoms in total. The van der Waals surface area contributed by atoms with Gasteiger partial charge in [-0.05, 0) is 55.4 Å². The van der Waals surface area contributed by atoms with E-state index in [0.717, 1.165) is 11.3 Å². The highest BCUT2D eigenvalue weighted by atomic mass is 16.4. The molecular formula is C16H19NO3. The van der Waals surface area contributed by atoms with Crippen molar-refractivity contribution < 1.29 is 14.7 Å². The van der Waals surface area contributed by atoms with Crippen molar-refractivity contribution in [3.8, 4) is 0 Å². The van der Waals surface area contributed by atoms with E-state index in [9.17, 15) is 9.59 Å². The number of carboxylic acid groups (broad SMARTS) is 1. The first-order valence-electron chi connectivity index (χ1n) is 7.23. The number of aromatic carboxylic acids is 1. The first kappa shape index (κ1) is 13.2. The predicted octanol–water partition coefficient (Wildman–Crippen LogP) is 3.07. The second-order valence-corrected chi connectivity index (χ2v) is 5.96. The number of anilines is 1. The number of nitrogens with one attached hydrogen (secondary N) is 1. The number of carbonyl (C=O) groups excluding carboxylic acids is 1. The summed E-state index contributed by atoms with van der Waals surface area (Å²) in [4.78, 5) is 23.2. The molecule has 0 spiro atoms. The van der Waals surface area contributed by atoms with Crippen LogP contribution in [0.2, 0.25) is 0 Å². The van der Waals surface area contributed by atoms with Gasteiger partial charge in [0.05, 0.1) is 5.56 Å². The smallest absolute Gasteiger partial charge is 0.335 e. The number of hydrogen-bond donors (Lipinski definition) is 2. The molecule has 2 saturated carbocycles. The van der Waals surface area contributed by atoms with E-state index in [1.165, 1.54) is 31.7 Å². The highest BCUT2D eigenvalue weighted by Crippen LogP contribution is 2.55. The third kappa shape index (κ3) is 2.30. The van der Waals surface area contributed by atoms with E-state index in [2.05, 4.69) is 5.32 Å². The molecule has 0 aromatic heterocycles. The van der Waals surface area contributed by atoms with Gasteiger partial charge in [0.2, 0.25) is 5.91 Å². The largest absolute Gasteiger partial charge is 0.478 e. The fourth-order valence-corrected chi connectivity index (χ4v) is 3.53. The Kier molecular flexibility index (Phi) is 3.24. The Balaban J connectivity index is 1.69. The van der Waals surface area contributed by atoms with Crippen LogP contribution in [0.15, 0.2) is 18.2 Å². The Bertz CT molecular complexity index is 555. The van der Waals surface area contributed by atoms with Crippen LogP contribution in [-0.4, -0.2) is 17.0 Å². The molecule has 1 amide bonds. The van der Waals surface area contributed by atoms with Gasteiger partial charge in [-0.3, -0.25) is 4.79 Å². The van der Waals surface area contributed by atoms with Crippen LogP contribution >= 0.6 is 0 Å². The summed E-state index contributed by atoms with van der Waals surface area (Å²) in [6.07, 6.45) is 4.86. The molecule has 106 valence electrons. The summed E-state index contributed by atoms with van der Waals surface area (Å²) in [5.74, 6) is 0.507. The fourth-order valence-electron chi connectivity index (χ4n) is 3.53. The minimum atomic E-state index is -0.945. The van der Waals surface area contributed by atoms with E-state index >= 15 is 0 Å². The molecular weight excluding hydrogens is 254 g/mol. The van der Waals surface area contributed by atoms with Crippen molar-refractivity contribution in [1.29, 1.82) is 0 Å². The molecule has 3 rings (SSSR count). The van der Waals surface area contributed by atoms with E-state index in [4.69, 9.17) is 5.11 Å². The van der Waals surface area contributed by atoms with Crippen LogP contribution in [0.3, 0.4) is 0 Å². The summed E-state index contributed by atoms with van der Waals surface area (Å²) in [7, 11) is 0. The number of carbonyl (C=O) groups is 2.